The molecule has 1 heterocycles. The average Bonchev–Trinajstić information content (AvgIpc) is 3.41. The zero-order valence-electron chi connectivity index (χ0n) is 20.5. The summed E-state index contributed by atoms with van der Waals surface area (Å²) in [7, 11) is -3.99. The monoisotopic (exact) mass is 540 g/mol. The lowest BCUT2D eigenvalue weighted by Crippen LogP contribution is -2.32. The highest BCUT2D eigenvalue weighted by Gasteiger charge is 2.28. The summed E-state index contributed by atoms with van der Waals surface area (Å²) in [5, 5.41) is 12.1. The van der Waals surface area contributed by atoms with Crippen LogP contribution < -0.4 is 9.62 Å². The van der Waals surface area contributed by atoms with Crippen LogP contribution in [0.5, 0.6) is 0 Å². The number of anilines is 2. The van der Waals surface area contributed by atoms with Gasteiger partial charge in [0.15, 0.2) is 0 Å². The third-order valence-electron chi connectivity index (χ3n) is 5.86. The highest BCUT2D eigenvalue weighted by atomic mass is 32.2. The van der Waals surface area contributed by atoms with Gasteiger partial charge in [0, 0.05) is 5.56 Å². The maximum Gasteiger partial charge on any atom is 0.264 e. The van der Waals surface area contributed by atoms with Gasteiger partial charge in [-0.15, -0.1) is 10.2 Å². The number of benzene rings is 4. The van der Waals surface area contributed by atoms with Crippen molar-refractivity contribution in [2.75, 3.05) is 9.62 Å². The van der Waals surface area contributed by atoms with Gasteiger partial charge in [-0.2, -0.15) is 0 Å². The molecule has 5 rings (SSSR count). The van der Waals surface area contributed by atoms with Gasteiger partial charge in [0.05, 0.1) is 22.7 Å². The van der Waals surface area contributed by atoms with E-state index in [1.807, 2.05) is 61.5 Å². The summed E-state index contributed by atoms with van der Waals surface area (Å²) in [6.45, 7) is 2.06. The molecule has 1 aromatic heterocycles. The van der Waals surface area contributed by atoms with Crippen molar-refractivity contribution >= 4 is 38.1 Å². The molecule has 1 N–H and O–H groups in total. The first-order valence-electron chi connectivity index (χ1n) is 11.8. The topological polar surface area (TPSA) is 92.3 Å². The molecule has 4 aromatic carbocycles. The zero-order valence-corrected chi connectivity index (χ0v) is 22.1. The Bertz CT molecular complexity index is 1650. The lowest BCUT2D eigenvalue weighted by Gasteiger charge is -2.26. The molecule has 38 heavy (non-hydrogen) atoms. The van der Waals surface area contributed by atoms with Gasteiger partial charge in [-0.25, -0.2) is 8.42 Å². The summed E-state index contributed by atoms with van der Waals surface area (Å²) < 4.78 is 28.9. The minimum absolute atomic E-state index is 0.0543. The lowest BCUT2D eigenvalue weighted by molar-refractivity contribution is 0.102. The Kier molecular flexibility index (Phi) is 7.30. The van der Waals surface area contributed by atoms with E-state index in [4.69, 9.17) is 0 Å². The van der Waals surface area contributed by atoms with Crippen molar-refractivity contribution < 1.29 is 13.2 Å². The van der Waals surface area contributed by atoms with Gasteiger partial charge >= 0.3 is 0 Å². The molecule has 0 aliphatic heterocycles. The van der Waals surface area contributed by atoms with E-state index in [1.165, 1.54) is 15.6 Å². The molecule has 0 atom stereocenters. The fourth-order valence-electron chi connectivity index (χ4n) is 3.90. The first kappa shape index (κ1) is 25.3. The van der Waals surface area contributed by atoms with E-state index < -0.39 is 15.9 Å². The standard InChI is InChI=1S/C29H24N4O3S2/c1-21-16-18-23(19-17-21)28-31-32-29(37-28)30-27(34)25-14-8-9-15-26(25)33(20-22-10-4-2-5-11-22)38(35,36)24-12-6-3-7-13-24/h2-19H,20H2,1H3,(H,30,32,34). The smallest absolute Gasteiger partial charge is 0.264 e. The SMILES string of the molecule is Cc1ccc(-c2nnc(NC(=O)c3ccccc3N(Cc3ccccc3)S(=O)(=O)c3ccccc3)s2)cc1. The molecular weight excluding hydrogens is 516 g/mol. The largest absolute Gasteiger partial charge is 0.296 e. The van der Waals surface area contributed by atoms with Crippen LogP contribution in [0, 0.1) is 6.92 Å². The molecule has 0 radical (unpaired) electrons. The molecular formula is C29H24N4O3S2. The summed E-state index contributed by atoms with van der Waals surface area (Å²) in [4.78, 5) is 13.6. The van der Waals surface area contributed by atoms with Gasteiger partial charge in [-0.1, -0.05) is 102 Å². The molecule has 0 fully saturated rings. The van der Waals surface area contributed by atoms with Crippen LogP contribution in [0.25, 0.3) is 10.6 Å². The van der Waals surface area contributed by atoms with Crippen molar-refractivity contribution in [1.29, 1.82) is 0 Å². The minimum atomic E-state index is -3.99. The van der Waals surface area contributed by atoms with Gasteiger partial charge in [0.1, 0.15) is 5.01 Å². The van der Waals surface area contributed by atoms with E-state index in [9.17, 15) is 13.2 Å². The molecule has 7 nitrogen and oxygen atoms in total. The van der Waals surface area contributed by atoms with Crippen LogP contribution in [0.3, 0.4) is 0 Å². The van der Waals surface area contributed by atoms with E-state index >= 15 is 0 Å². The first-order valence-corrected chi connectivity index (χ1v) is 14.1. The second-order valence-electron chi connectivity index (χ2n) is 8.56. The van der Waals surface area contributed by atoms with E-state index in [-0.39, 0.29) is 22.7 Å². The number of amides is 1. The summed E-state index contributed by atoms with van der Waals surface area (Å²) in [5.41, 5.74) is 3.29. The first-order chi connectivity index (χ1) is 18.4. The highest BCUT2D eigenvalue weighted by molar-refractivity contribution is 7.92. The highest BCUT2D eigenvalue weighted by Crippen LogP contribution is 2.31. The second kappa shape index (κ2) is 11.0. The van der Waals surface area contributed by atoms with Crippen molar-refractivity contribution in [3.63, 3.8) is 0 Å². The molecule has 1 amide bonds. The summed E-state index contributed by atoms with van der Waals surface area (Å²) in [6, 6.07) is 32.0. The number of carbonyl (C=O) groups is 1. The lowest BCUT2D eigenvalue weighted by atomic mass is 10.1. The van der Waals surface area contributed by atoms with Crippen molar-refractivity contribution in [2.24, 2.45) is 0 Å². The van der Waals surface area contributed by atoms with E-state index in [2.05, 4.69) is 15.5 Å². The molecule has 190 valence electrons. The van der Waals surface area contributed by atoms with Crippen LogP contribution in [0.1, 0.15) is 21.5 Å². The Balaban J connectivity index is 1.49. The van der Waals surface area contributed by atoms with E-state index in [0.717, 1.165) is 16.7 Å². The van der Waals surface area contributed by atoms with Gasteiger partial charge in [-0.05, 0) is 36.8 Å². The number of rotatable bonds is 8. The molecule has 0 bridgehead atoms. The Morgan fingerprint density at radius 1 is 0.816 bits per heavy atom. The molecule has 0 unspecified atom stereocenters. The Morgan fingerprint density at radius 2 is 1.45 bits per heavy atom. The number of hydrogen-bond acceptors (Lipinski definition) is 6. The predicted octanol–water partition coefficient (Wildman–Crippen LogP) is 6.16. The van der Waals surface area contributed by atoms with E-state index in [0.29, 0.717) is 10.1 Å². The number of aromatic nitrogens is 2. The quantitative estimate of drug-likeness (QED) is 0.254. The van der Waals surface area contributed by atoms with Gasteiger partial charge in [0.25, 0.3) is 15.9 Å². The molecule has 0 saturated carbocycles. The minimum Gasteiger partial charge on any atom is -0.296 e. The average molecular weight is 541 g/mol. The third-order valence-corrected chi connectivity index (χ3v) is 8.52. The van der Waals surface area contributed by atoms with Gasteiger partial charge < -0.3 is 0 Å². The summed E-state index contributed by atoms with van der Waals surface area (Å²) in [5.74, 6) is -0.478. The molecule has 0 spiro atoms. The second-order valence-corrected chi connectivity index (χ2v) is 11.4. The number of nitrogens with zero attached hydrogens (tertiary/aromatic N) is 3. The molecule has 0 aliphatic carbocycles. The summed E-state index contributed by atoms with van der Waals surface area (Å²) in [6.07, 6.45) is 0. The third kappa shape index (κ3) is 5.49. The maximum absolute atomic E-state index is 13.8. The Labute approximate surface area is 225 Å². The number of carbonyl (C=O) groups excluding carboxylic acids is 1. The number of sulfonamides is 1. The summed E-state index contributed by atoms with van der Waals surface area (Å²) >= 11 is 1.25. The number of aryl methyl sites for hydroxylation is 1. The zero-order chi connectivity index (χ0) is 26.5. The van der Waals surface area contributed by atoms with Crippen LogP contribution in [-0.2, 0) is 16.6 Å². The van der Waals surface area contributed by atoms with Gasteiger partial charge in [-0.3, -0.25) is 14.4 Å². The fraction of sp³-hybridized carbons (Fsp3) is 0.0690. The predicted molar refractivity (Wildman–Crippen MR) is 151 cm³/mol. The number of hydrogen-bond donors (Lipinski definition) is 1. The van der Waals surface area contributed by atoms with Crippen LogP contribution in [0.15, 0.2) is 114 Å². The van der Waals surface area contributed by atoms with Crippen molar-refractivity contribution in [3.05, 3.63) is 126 Å². The van der Waals surface area contributed by atoms with Crippen molar-refractivity contribution in [2.45, 2.75) is 18.4 Å². The fourth-order valence-corrected chi connectivity index (χ4v) is 6.14. The molecule has 0 saturated heterocycles. The van der Waals surface area contributed by atoms with Crippen molar-refractivity contribution in [1.82, 2.24) is 10.2 Å². The normalized spacial score (nSPS) is 11.2. The van der Waals surface area contributed by atoms with Crippen LogP contribution in [-0.4, -0.2) is 24.5 Å². The Hall–Kier alpha value is -4.34. The molecule has 5 aromatic rings. The molecule has 0 aliphatic rings. The van der Waals surface area contributed by atoms with E-state index in [1.54, 1.807) is 54.6 Å². The molecule has 9 heteroatoms. The number of nitrogens with one attached hydrogen (secondary N) is 1. The van der Waals surface area contributed by atoms with Crippen LogP contribution in [0.4, 0.5) is 10.8 Å². The van der Waals surface area contributed by atoms with Crippen LogP contribution in [0.2, 0.25) is 0 Å². The van der Waals surface area contributed by atoms with Crippen LogP contribution >= 0.6 is 11.3 Å². The van der Waals surface area contributed by atoms with Gasteiger partial charge in [0.2, 0.25) is 5.13 Å². The Morgan fingerprint density at radius 3 is 2.16 bits per heavy atom. The maximum atomic E-state index is 13.8. The van der Waals surface area contributed by atoms with Crippen molar-refractivity contribution in [3.8, 4) is 10.6 Å². The number of para-hydroxylation sites is 1.